The number of halogens is 1. The molecule has 0 aliphatic carbocycles. The van der Waals surface area contributed by atoms with Gasteiger partial charge in [-0.2, -0.15) is 0 Å². The third-order valence-electron chi connectivity index (χ3n) is 3.59. The molecule has 1 N–H and O–H groups in total. The van der Waals surface area contributed by atoms with Crippen LogP contribution in [0.4, 0.5) is 0 Å². The lowest BCUT2D eigenvalue weighted by Gasteiger charge is -2.51. The molecule has 1 fully saturated rings. The summed E-state index contributed by atoms with van der Waals surface area (Å²) in [6.45, 7) is 12.4. The van der Waals surface area contributed by atoms with Crippen molar-refractivity contribution in [3.05, 3.63) is 23.4 Å². The second-order valence-corrected chi connectivity index (χ2v) is 18.8. The van der Waals surface area contributed by atoms with Crippen LogP contribution in [-0.4, -0.2) is 56.4 Å². The first-order chi connectivity index (χ1) is 11.4. The zero-order chi connectivity index (χ0) is 19.0. The molecule has 5 nitrogen and oxygen atoms in total. The van der Waals surface area contributed by atoms with E-state index >= 15 is 0 Å². The summed E-state index contributed by atoms with van der Waals surface area (Å²) in [6, 6.07) is -0.218. The lowest BCUT2D eigenvalue weighted by molar-refractivity contribution is -0.147. The van der Waals surface area contributed by atoms with E-state index < -0.39 is 22.5 Å². The average molecular weight is 419 g/mol. The summed E-state index contributed by atoms with van der Waals surface area (Å²) in [6.07, 6.45) is 3.63. The van der Waals surface area contributed by atoms with E-state index in [9.17, 15) is 9.59 Å². The van der Waals surface area contributed by atoms with E-state index in [1.807, 2.05) is 25.7 Å². The molecule has 1 saturated heterocycles. The van der Waals surface area contributed by atoms with Crippen molar-refractivity contribution in [2.24, 2.45) is 0 Å². The average Bonchev–Trinajstić information content (AvgIpc) is 2.47. The van der Waals surface area contributed by atoms with Crippen LogP contribution < -0.4 is 4.98 Å². The second kappa shape index (κ2) is 7.60. The van der Waals surface area contributed by atoms with E-state index in [-0.39, 0.29) is 17.3 Å². The van der Waals surface area contributed by atoms with Gasteiger partial charge in [0.15, 0.2) is 0 Å². The minimum Gasteiger partial charge on any atom is -0.515 e. The van der Waals surface area contributed by atoms with Crippen LogP contribution in [0.3, 0.4) is 0 Å². The number of carbonyl (C=O) groups is 2. The molecule has 2 heterocycles. The van der Waals surface area contributed by atoms with E-state index in [2.05, 4.69) is 24.6 Å². The summed E-state index contributed by atoms with van der Waals surface area (Å²) >= 11 is 7.43. The summed E-state index contributed by atoms with van der Waals surface area (Å²) in [5.41, 5.74) is 1.20. The highest BCUT2D eigenvalue weighted by Gasteiger charge is 2.54. The predicted molar refractivity (Wildman–Crippen MR) is 110 cm³/mol. The van der Waals surface area contributed by atoms with Gasteiger partial charge in [-0.1, -0.05) is 31.8 Å². The maximum Gasteiger partial charge on any atom is 0.342 e. The summed E-state index contributed by atoms with van der Waals surface area (Å²) in [4.78, 5) is 30.7. The van der Waals surface area contributed by atoms with Gasteiger partial charge in [-0.15, -0.1) is 23.4 Å². The highest BCUT2D eigenvalue weighted by Crippen LogP contribution is 2.41. The van der Waals surface area contributed by atoms with Gasteiger partial charge in [0.2, 0.25) is 14.2 Å². The number of alkyl halides is 1. The summed E-state index contributed by atoms with van der Waals surface area (Å²) in [5, 5.41) is -0.0449. The second-order valence-electron chi connectivity index (χ2n) is 8.21. The largest absolute Gasteiger partial charge is 0.515 e. The van der Waals surface area contributed by atoms with Crippen molar-refractivity contribution in [1.29, 1.82) is 0 Å². The Morgan fingerprint density at radius 2 is 2.00 bits per heavy atom. The Morgan fingerprint density at radius 3 is 2.52 bits per heavy atom. The zero-order valence-corrected chi connectivity index (χ0v) is 19.3. The number of hydrogen-bond donors (Lipinski definition) is 1. The molecule has 0 bridgehead atoms. The maximum absolute atomic E-state index is 12.8. The lowest BCUT2D eigenvalue weighted by Crippen LogP contribution is -2.73. The number of nitrogens with zero attached hydrogens (tertiary/aromatic N) is 1. The molecule has 0 unspecified atom stereocenters. The van der Waals surface area contributed by atoms with Gasteiger partial charge in [-0.25, -0.2) is 4.79 Å². The van der Waals surface area contributed by atoms with Crippen molar-refractivity contribution in [2.45, 2.75) is 50.7 Å². The molecule has 0 aromatic carbocycles. The molecule has 0 spiro atoms. The number of allylic oxidation sites excluding steroid dienone is 2. The molecule has 1 amide bonds. The molecule has 140 valence electrons. The molecule has 0 aromatic heterocycles. The Morgan fingerprint density at radius 1 is 1.36 bits per heavy atom. The molecule has 2 aliphatic rings. The molecule has 25 heavy (non-hydrogen) atoms. The number of hydrogen-bond acceptors (Lipinski definition) is 5. The van der Waals surface area contributed by atoms with Gasteiger partial charge in [0.25, 0.3) is 0 Å². The zero-order valence-electron chi connectivity index (χ0n) is 15.7. The maximum atomic E-state index is 12.8. The topological polar surface area (TPSA) is 58.6 Å². The number of carbonyl (C=O) groups excluding carboxylic acids is 2. The van der Waals surface area contributed by atoms with Crippen LogP contribution in [0.1, 0.15) is 0 Å². The van der Waals surface area contributed by atoms with Crippen LogP contribution in [-0.2, 0) is 14.0 Å². The quantitative estimate of drug-likeness (QED) is 0.408. The fraction of sp³-hybridized carbons (Fsp3) is 0.625. The molecular weight excluding hydrogens is 392 g/mol. The molecule has 0 radical (unpaired) electrons. The van der Waals surface area contributed by atoms with Crippen LogP contribution in [0, 0.1) is 0 Å². The van der Waals surface area contributed by atoms with Crippen LogP contribution in [0.25, 0.3) is 0 Å². The van der Waals surface area contributed by atoms with Crippen LogP contribution in [0.15, 0.2) is 23.4 Å². The fourth-order valence-electron chi connectivity index (χ4n) is 2.74. The molecule has 2 rings (SSSR count). The molecular formula is C16H27ClN2O3SSi2. The minimum atomic E-state index is -2.06. The van der Waals surface area contributed by atoms with Crippen LogP contribution in [0.5, 0.6) is 0 Å². The molecule has 0 saturated carbocycles. The van der Waals surface area contributed by atoms with Gasteiger partial charge >= 0.3 is 5.97 Å². The Balaban J connectivity index is 2.32. The van der Waals surface area contributed by atoms with E-state index in [4.69, 9.17) is 16.0 Å². The van der Waals surface area contributed by atoms with E-state index in [0.29, 0.717) is 17.3 Å². The molecule has 9 heteroatoms. The number of rotatable bonds is 6. The van der Waals surface area contributed by atoms with E-state index in [1.165, 1.54) is 0 Å². The number of fused-ring (bicyclic) bond motifs is 1. The third kappa shape index (κ3) is 5.00. The lowest BCUT2D eigenvalue weighted by atomic mass is 10.0. The smallest absolute Gasteiger partial charge is 0.342 e. The highest BCUT2D eigenvalue weighted by atomic mass is 35.5. The van der Waals surface area contributed by atoms with Crippen LogP contribution >= 0.6 is 23.4 Å². The minimum absolute atomic E-state index is 0.0427. The fourth-order valence-corrected chi connectivity index (χ4v) is 6.14. The molecule has 2 aliphatic heterocycles. The number of nitrogens with one attached hydrogen (secondary N) is 1. The third-order valence-corrected chi connectivity index (χ3v) is 7.04. The van der Waals surface area contributed by atoms with Gasteiger partial charge in [-0.05, 0) is 25.2 Å². The Hall–Kier alpha value is -0.546. The predicted octanol–water partition coefficient (Wildman–Crippen LogP) is 3.12. The van der Waals surface area contributed by atoms with Crippen molar-refractivity contribution in [3.8, 4) is 0 Å². The van der Waals surface area contributed by atoms with Crippen molar-refractivity contribution >= 4 is 51.8 Å². The van der Waals surface area contributed by atoms with E-state index in [0.717, 1.165) is 5.57 Å². The van der Waals surface area contributed by atoms with Crippen molar-refractivity contribution in [2.75, 3.05) is 11.6 Å². The van der Waals surface area contributed by atoms with Crippen molar-refractivity contribution in [1.82, 2.24) is 9.88 Å². The first-order valence-corrected chi connectivity index (χ1v) is 16.8. The number of β-lactam (4-membered cyclic amide) rings is 1. The monoisotopic (exact) mass is 418 g/mol. The molecule has 2 atom stereocenters. The van der Waals surface area contributed by atoms with Gasteiger partial charge in [0.05, 0.1) is 0 Å². The van der Waals surface area contributed by atoms with Gasteiger partial charge in [0.1, 0.15) is 25.3 Å². The molecule has 0 aromatic rings. The first-order valence-electron chi connectivity index (χ1n) is 8.36. The van der Waals surface area contributed by atoms with Gasteiger partial charge in [0, 0.05) is 11.6 Å². The van der Waals surface area contributed by atoms with E-state index in [1.54, 1.807) is 22.7 Å². The summed E-state index contributed by atoms with van der Waals surface area (Å²) in [7, 11) is -3.66. The van der Waals surface area contributed by atoms with Crippen molar-refractivity contribution in [3.63, 3.8) is 0 Å². The van der Waals surface area contributed by atoms with Gasteiger partial charge < -0.3 is 9.41 Å². The highest BCUT2D eigenvalue weighted by molar-refractivity contribution is 8.00. The van der Waals surface area contributed by atoms with Crippen LogP contribution in [0.2, 0.25) is 39.3 Å². The Kier molecular flexibility index (Phi) is 6.31. The summed E-state index contributed by atoms with van der Waals surface area (Å²) in [5.74, 6) is 0.598. The Bertz CT molecular complexity index is 626. The number of thioether (sulfide) groups is 1. The van der Waals surface area contributed by atoms with Gasteiger partial charge in [-0.3, -0.25) is 9.69 Å². The SMILES string of the molecule is C[Si](C)(C)N[C@@H]1C(=O)N2C(C(=O)O[Si](C)(C)C)=C(C=CCCl)CS[C@@H]12. The first kappa shape index (κ1) is 20.8. The Labute approximate surface area is 161 Å². The standard InChI is InChI=1S/C16H27ClN2O3SSi2/c1-24(2,3)18-12-14(20)19-13(16(21)22-25(4,5)6)11(8-7-9-17)10-23-15(12)19/h7-8,12,15,18H,9-10H2,1-6H3/t12-,15+/m1/s1. The summed E-state index contributed by atoms with van der Waals surface area (Å²) < 4.78 is 5.68. The number of amides is 1. The normalized spacial score (nSPS) is 24.4. The van der Waals surface area contributed by atoms with Crippen molar-refractivity contribution < 1.29 is 14.0 Å².